The van der Waals surface area contributed by atoms with Gasteiger partial charge in [-0.15, -0.1) is 0 Å². The van der Waals surface area contributed by atoms with Gasteiger partial charge in [0.05, 0.1) is 62.3 Å². The molecular weight excluding hydrogens is 1030 g/mol. The van der Waals surface area contributed by atoms with E-state index in [1.165, 1.54) is 27.0 Å². The van der Waals surface area contributed by atoms with Crippen molar-refractivity contribution in [2.45, 2.75) is 96.2 Å². The van der Waals surface area contributed by atoms with Crippen molar-refractivity contribution in [3.8, 4) is 11.4 Å². The first kappa shape index (κ1) is 58.1. The number of nitrogens with zero attached hydrogens (tertiary/aromatic N) is 3. The molecule has 8 amide bonds. The SMILES string of the molecule is CCC(C=O)c1cc2n(c(=O)c1COC)Cc1c-2nc2cc(F)c(C)c3c2c1C(NC(=O)C(C)(C)OCNC(=O)CNC(=O)C(Cc1ccccc1)NC(=O)CNC(=O)CNC(=O)C(CNCC(=O)O)N1C(=O)C=CC1=O)CC3. The molecule has 7 rings (SSSR count). The molecule has 8 N–H and O–H groups in total. The molecule has 1 aliphatic carbocycles. The summed E-state index contributed by atoms with van der Waals surface area (Å²) in [6.07, 6.45) is 3.82. The number of carbonyl (C=O) groups is 10. The highest BCUT2D eigenvalue weighted by Gasteiger charge is 2.39. The number of ether oxygens (including phenoxy) is 2. The van der Waals surface area contributed by atoms with Gasteiger partial charge >= 0.3 is 5.97 Å². The molecule has 4 unspecified atom stereocenters. The Bertz CT molecular complexity index is 3200. The molecule has 4 atom stereocenters. The van der Waals surface area contributed by atoms with Crippen molar-refractivity contribution < 1.29 is 66.9 Å². The maximum atomic E-state index is 15.5. The molecule has 0 spiro atoms. The van der Waals surface area contributed by atoms with E-state index < -0.39 is 128 Å². The summed E-state index contributed by atoms with van der Waals surface area (Å²) in [4.78, 5) is 147. The van der Waals surface area contributed by atoms with Crippen molar-refractivity contribution in [1.82, 2.24) is 51.7 Å². The molecule has 79 heavy (non-hydrogen) atoms. The van der Waals surface area contributed by atoms with Gasteiger partial charge in [0.15, 0.2) is 0 Å². The molecule has 418 valence electrons. The number of aliphatic carboxylic acids is 1. The Morgan fingerprint density at radius 3 is 2.23 bits per heavy atom. The topological polar surface area (TPSA) is 332 Å². The van der Waals surface area contributed by atoms with E-state index >= 15 is 4.39 Å². The highest BCUT2D eigenvalue weighted by atomic mass is 19.1. The van der Waals surface area contributed by atoms with E-state index in [4.69, 9.17) is 19.6 Å². The molecule has 0 saturated heterocycles. The Labute approximate surface area is 451 Å². The molecule has 24 nitrogen and oxygen atoms in total. The second-order valence-corrected chi connectivity index (χ2v) is 19.6. The molecule has 2 aliphatic heterocycles. The van der Waals surface area contributed by atoms with Crippen LogP contribution in [0.2, 0.25) is 0 Å². The van der Waals surface area contributed by atoms with Crippen LogP contribution in [0.4, 0.5) is 4.39 Å². The number of pyridine rings is 2. The van der Waals surface area contributed by atoms with Gasteiger partial charge in [-0.25, -0.2) is 9.37 Å². The Hall–Kier alpha value is -8.55. The first-order valence-corrected chi connectivity index (χ1v) is 25.4. The molecule has 2 aromatic carbocycles. The standard InChI is InChI=1S/C54H61FN10O14/c1-6-30(25-66)32-17-39-49-33(24-64(39)52(76)34(32)26-78-5)48-36(13-12-31-28(2)35(55)18-37(62-49)47(31)48)63-53(77)54(3,4)79-27-60-42(68)21-58-50(74)38(16-29-10-8-7-9-11-29)61-43(69)22-57-41(67)20-59-51(75)40(19-56-23-46(72)73)65-44(70)14-15-45(65)71/h7-11,14-15,17-18,25,30,36,38,40,56H,6,12-13,16,19-24,26-27H2,1-5H3,(H,57,67)(H,58,74)(H,59,75)(H,60,68)(H,61,69)(H,63,77)(H,72,73). The fourth-order valence-corrected chi connectivity index (χ4v) is 9.73. The number of benzene rings is 2. The summed E-state index contributed by atoms with van der Waals surface area (Å²) in [5.74, 6) is -8.64. The number of amides is 8. The van der Waals surface area contributed by atoms with Gasteiger partial charge in [0.1, 0.15) is 36.5 Å². The lowest BCUT2D eigenvalue weighted by molar-refractivity contribution is -0.146. The Morgan fingerprint density at radius 1 is 0.899 bits per heavy atom. The summed E-state index contributed by atoms with van der Waals surface area (Å²) in [5, 5.41) is 27.2. The van der Waals surface area contributed by atoms with Gasteiger partial charge in [0, 0.05) is 60.7 Å². The zero-order valence-corrected chi connectivity index (χ0v) is 44.0. The fourth-order valence-electron chi connectivity index (χ4n) is 9.73. The molecule has 4 aromatic rings. The minimum absolute atomic E-state index is 0.0259. The molecule has 4 heterocycles. The van der Waals surface area contributed by atoms with E-state index in [1.807, 2.05) is 6.92 Å². The largest absolute Gasteiger partial charge is 0.480 e. The van der Waals surface area contributed by atoms with Crippen molar-refractivity contribution >= 4 is 70.4 Å². The van der Waals surface area contributed by atoms with E-state index in [2.05, 4.69) is 37.2 Å². The Kier molecular flexibility index (Phi) is 18.6. The van der Waals surface area contributed by atoms with Crippen LogP contribution in [0, 0.1) is 12.7 Å². The number of fused-ring (bicyclic) bond motifs is 4. The van der Waals surface area contributed by atoms with Crippen LogP contribution >= 0.6 is 0 Å². The number of aldehydes is 1. The van der Waals surface area contributed by atoms with Crippen molar-refractivity contribution in [2.24, 2.45) is 0 Å². The van der Waals surface area contributed by atoms with Crippen LogP contribution in [-0.2, 0) is 83.4 Å². The molecule has 25 heteroatoms. The minimum atomic E-state index is -1.56. The molecular formula is C54H61FN10O14. The second-order valence-electron chi connectivity index (χ2n) is 19.6. The first-order chi connectivity index (χ1) is 37.7. The van der Waals surface area contributed by atoms with Gasteiger partial charge in [-0.05, 0) is 73.9 Å². The number of nitrogens with one attached hydrogen (secondary N) is 7. The van der Waals surface area contributed by atoms with Crippen molar-refractivity contribution in [3.05, 3.63) is 110 Å². The van der Waals surface area contributed by atoms with Crippen LogP contribution < -0.4 is 42.8 Å². The zero-order valence-electron chi connectivity index (χ0n) is 44.0. The van der Waals surface area contributed by atoms with E-state index in [-0.39, 0.29) is 25.1 Å². The number of carbonyl (C=O) groups excluding carboxylic acids is 9. The summed E-state index contributed by atoms with van der Waals surface area (Å²) in [6, 6.07) is 8.29. The average Bonchev–Trinajstić information content (AvgIpc) is 4.20. The number of methoxy groups -OCH3 is 1. The van der Waals surface area contributed by atoms with Crippen LogP contribution in [0.5, 0.6) is 0 Å². The smallest absolute Gasteiger partial charge is 0.317 e. The summed E-state index contributed by atoms with van der Waals surface area (Å²) in [6.45, 7) is 3.14. The van der Waals surface area contributed by atoms with Crippen molar-refractivity contribution in [1.29, 1.82) is 0 Å². The van der Waals surface area contributed by atoms with Crippen LogP contribution in [0.3, 0.4) is 0 Å². The Morgan fingerprint density at radius 2 is 1.57 bits per heavy atom. The van der Waals surface area contributed by atoms with Crippen LogP contribution in [0.25, 0.3) is 22.3 Å². The summed E-state index contributed by atoms with van der Waals surface area (Å²) >= 11 is 0. The van der Waals surface area contributed by atoms with Crippen molar-refractivity contribution in [3.63, 3.8) is 0 Å². The van der Waals surface area contributed by atoms with Gasteiger partial charge in [-0.2, -0.15) is 0 Å². The maximum absolute atomic E-state index is 15.5. The quantitative estimate of drug-likeness (QED) is 0.0201. The lowest BCUT2D eigenvalue weighted by Crippen LogP contribution is -2.56. The number of aryl methyl sites for hydroxylation is 1. The highest BCUT2D eigenvalue weighted by molar-refractivity contribution is 6.15. The summed E-state index contributed by atoms with van der Waals surface area (Å²) in [7, 11) is 1.46. The summed E-state index contributed by atoms with van der Waals surface area (Å²) in [5.41, 5.74) is 3.35. The summed E-state index contributed by atoms with van der Waals surface area (Å²) < 4.78 is 28.3. The van der Waals surface area contributed by atoms with E-state index in [1.54, 1.807) is 47.9 Å². The van der Waals surface area contributed by atoms with Crippen LogP contribution in [-0.4, -0.2) is 143 Å². The van der Waals surface area contributed by atoms with Gasteiger partial charge in [0.2, 0.25) is 29.5 Å². The minimum Gasteiger partial charge on any atom is -0.480 e. The zero-order chi connectivity index (χ0) is 57.3. The average molecular weight is 1090 g/mol. The number of aromatic nitrogens is 2. The fraction of sp³-hybridized carbons (Fsp3) is 0.407. The molecule has 0 fully saturated rings. The number of carboxylic acids is 1. The van der Waals surface area contributed by atoms with Gasteiger partial charge < -0.3 is 61.2 Å². The number of hydrogen-bond acceptors (Lipinski definition) is 15. The lowest BCUT2D eigenvalue weighted by Gasteiger charge is -2.32. The number of imide groups is 1. The molecule has 0 radical (unpaired) electrons. The molecule has 3 aliphatic rings. The number of rotatable bonds is 26. The van der Waals surface area contributed by atoms with E-state index in [0.717, 1.165) is 24.0 Å². The molecule has 0 saturated carbocycles. The highest BCUT2D eigenvalue weighted by Crippen LogP contribution is 2.45. The monoisotopic (exact) mass is 1090 g/mol. The second kappa shape index (κ2) is 25.3. The predicted molar refractivity (Wildman–Crippen MR) is 279 cm³/mol. The number of hydrogen-bond donors (Lipinski definition) is 8. The van der Waals surface area contributed by atoms with Gasteiger partial charge in [-0.3, -0.25) is 52.8 Å². The van der Waals surface area contributed by atoms with Gasteiger partial charge in [0.25, 0.3) is 23.3 Å². The third-order valence-corrected chi connectivity index (χ3v) is 13.9. The third-order valence-electron chi connectivity index (χ3n) is 13.9. The number of carboxylic acid groups (broad SMARTS) is 1. The van der Waals surface area contributed by atoms with Crippen LogP contribution in [0.1, 0.15) is 84.5 Å². The lowest BCUT2D eigenvalue weighted by atomic mass is 9.81. The van der Waals surface area contributed by atoms with Gasteiger partial charge in [-0.1, -0.05) is 37.3 Å². The number of halogens is 1. The van der Waals surface area contributed by atoms with Crippen molar-refractivity contribution in [2.75, 3.05) is 46.6 Å². The molecule has 0 bridgehead atoms. The third kappa shape index (κ3) is 13.2. The molecule has 2 aromatic heterocycles. The first-order valence-electron chi connectivity index (χ1n) is 25.4. The van der Waals surface area contributed by atoms with E-state index in [0.29, 0.717) is 79.8 Å². The van der Waals surface area contributed by atoms with E-state index in [9.17, 15) is 52.7 Å². The normalized spacial score (nSPS) is 15.4. The van der Waals surface area contributed by atoms with Crippen LogP contribution in [0.15, 0.2) is 59.4 Å². The predicted octanol–water partition coefficient (Wildman–Crippen LogP) is -0.272. The maximum Gasteiger partial charge on any atom is 0.317 e. The Balaban J connectivity index is 0.947.